The van der Waals surface area contributed by atoms with Crippen LogP contribution in [0.25, 0.3) is 10.2 Å². The van der Waals surface area contributed by atoms with Crippen LogP contribution in [0.4, 0.5) is 0 Å². The third kappa shape index (κ3) is 3.26. The Balaban J connectivity index is 1.88. The summed E-state index contributed by atoms with van der Waals surface area (Å²) in [6, 6.07) is 14.7. The van der Waals surface area contributed by atoms with Gasteiger partial charge < -0.3 is 0 Å². The van der Waals surface area contributed by atoms with E-state index >= 15 is 0 Å². The first-order valence-electron chi connectivity index (χ1n) is 6.07. The van der Waals surface area contributed by atoms with Gasteiger partial charge in [-0.15, -0.1) is 11.3 Å². The topological polar surface area (TPSA) is 12.9 Å². The molecular weight excluding hydrogens is 513 g/mol. The van der Waals surface area contributed by atoms with Crippen molar-refractivity contribution in [3.05, 3.63) is 61.1 Å². The largest absolute Gasteiger partial charge is 0.241 e. The van der Waals surface area contributed by atoms with E-state index in [1.54, 1.807) is 11.3 Å². The zero-order valence-electron chi connectivity index (χ0n) is 10.3. The average molecular weight is 523 g/mol. The number of fused-ring (bicyclic) bond motifs is 1. The molecule has 0 fully saturated rings. The lowest BCUT2D eigenvalue weighted by atomic mass is 10.1. The third-order valence-electron chi connectivity index (χ3n) is 2.99. The van der Waals surface area contributed by atoms with Crippen molar-refractivity contribution in [1.82, 2.24) is 4.98 Å². The molecule has 102 valence electrons. The summed E-state index contributed by atoms with van der Waals surface area (Å²) in [5, 5.41) is 1.17. The molecule has 1 unspecified atom stereocenters. The molecule has 3 rings (SSSR count). The summed E-state index contributed by atoms with van der Waals surface area (Å²) in [4.78, 5) is 4.97. The first-order valence-corrected chi connectivity index (χ1v) is 9.67. The smallest absolute Gasteiger partial charge is 0.0953 e. The molecule has 2 aromatic carbocycles. The molecule has 0 amide bonds. The minimum Gasteiger partial charge on any atom is -0.241 e. The molecule has 0 aliphatic heterocycles. The lowest BCUT2D eigenvalue weighted by Gasteiger charge is -2.11. The predicted octanol–water partition coefficient (Wildman–Crippen LogP) is 6.34. The van der Waals surface area contributed by atoms with Gasteiger partial charge in [-0.05, 0) is 58.5 Å². The molecule has 1 aromatic heterocycles. The number of halogens is 3. The minimum atomic E-state index is 0.271. The molecule has 0 saturated carbocycles. The van der Waals surface area contributed by atoms with Crippen LogP contribution < -0.4 is 0 Å². The van der Waals surface area contributed by atoms with E-state index in [1.807, 2.05) is 6.07 Å². The summed E-state index contributed by atoms with van der Waals surface area (Å²) in [7, 11) is 0. The Labute approximate surface area is 152 Å². The summed E-state index contributed by atoms with van der Waals surface area (Å²) >= 11 is 11.5. The fraction of sp³-hybridized carbons (Fsp3) is 0.133. The van der Waals surface area contributed by atoms with E-state index in [0.29, 0.717) is 0 Å². The molecule has 1 heterocycles. The minimum absolute atomic E-state index is 0.271. The number of hydrogen-bond donors (Lipinski definition) is 0. The quantitative estimate of drug-likeness (QED) is 0.289. The Hall–Kier alpha value is 0.0200. The molecule has 0 saturated heterocycles. The average Bonchev–Trinajstić information content (AvgIpc) is 2.83. The second-order valence-electron chi connectivity index (χ2n) is 4.41. The number of rotatable bonds is 3. The number of hydrogen-bond acceptors (Lipinski definition) is 2. The summed E-state index contributed by atoms with van der Waals surface area (Å²) in [5.74, 6) is 0. The van der Waals surface area contributed by atoms with Crippen molar-refractivity contribution in [2.24, 2.45) is 0 Å². The van der Waals surface area contributed by atoms with Crippen LogP contribution in [-0.4, -0.2) is 4.98 Å². The Morgan fingerprint density at radius 1 is 1.20 bits per heavy atom. The fourth-order valence-electron chi connectivity index (χ4n) is 2.03. The third-order valence-corrected chi connectivity index (χ3v) is 6.26. The van der Waals surface area contributed by atoms with Crippen molar-refractivity contribution >= 4 is 76.0 Å². The molecule has 0 spiro atoms. The van der Waals surface area contributed by atoms with Crippen molar-refractivity contribution in [3.8, 4) is 0 Å². The number of alkyl halides is 1. The predicted molar refractivity (Wildman–Crippen MR) is 102 cm³/mol. The summed E-state index contributed by atoms with van der Waals surface area (Å²) in [5.41, 5.74) is 2.37. The second kappa shape index (κ2) is 6.42. The van der Waals surface area contributed by atoms with Gasteiger partial charge in [0.2, 0.25) is 0 Å². The number of para-hydroxylation sites is 1. The van der Waals surface area contributed by atoms with Gasteiger partial charge in [-0.2, -0.15) is 0 Å². The monoisotopic (exact) mass is 521 g/mol. The van der Waals surface area contributed by atoms with Crippen LogP contribution in [0.1, 0.15) is 15.4 Å². The molecule has 1 nitrogen and oxygen atoms in total. The lowest BCUT2D eigenvalue weighted by molar-refractivity contribution is 0.932. The standard InChI is InChI=1S/C15H10Br2INS/c16-11-6-5-9(18)7-10(11)12(17)8-15-19-13-3-1-2-4-14(13)20-15/h1-7,12H,8H2. The summed E-state index contributed by atoms with van der Waals surface area (Å²) in [6.07, 6.45) is 0.901. The summed E-state index contributed by atoms with van der Waals surface area (Å²) in [6.45, 7) is 0. The molecule has 0 N–H and O–H groups in total. The normalized spacial score (nSPS) is 12.8. The van der Waals surface area contributed by atoms with Gasteiger partial charge in [-0.3, -0.25) is 0 Å². The first kappa shape index (κ1) is 14.9. The Morgan fingerprint density at radius 2 is 2.00 bits per heavy atom. The van der Waals surface area contributed by atoms with Gasteiger partial charge >= 0.3 is 0 Å². The number of benzene rings is 2. The molecule has 20 heavy (non-hydrogen) atoms. The SMILES string of the molecule is Brc1ccc(I)cc1C(Br)Cc1nc2ccccc2s1. The van der Waals surface area contributed by atoms with Crippen LogP contribution in [0.3, 0.4) is 0 Å². The van der Waals surface area contributed by atoms with Crippen LogP contribution in [0.5, 0.6) is 0 Å². The van der Waals surface area contributed by atoms with Crippen molar-refractivity contribution in [3.63, 3.8) is 0 Å². The van der Waals surface area contributed by atoms with E-state index < -0.39 is 0 Å². The molecule has 5 heteroatoms. The van der Waals surface area contributed by atoms with Crippen molar-refractivity contribution in [1.29, 1.82) is 0 Å². The number of thiazole rings is 1. The number of nitrogens with zero attached hydrogens (tertiary/aromatic N) is 1. The van der Waals surface area contributed by atoms with Gasteiger partial charge in [0.05, 0.1) is 15.2 Å². The maximum absolute atomic E-state index is 4.70. The van der Waals surface area contributed by atoms with E-state index in [2.05, 4.69) is 90.8 Å². The Kier molecular flexibility index (Phi) is 4.79. The van der Waals surface area contributed by atoms with Crippen molar-refractivity contribution in [2.45, 2.75) is 11.2 Å². The Morgan fingerprint density at radius 3 is 2.80 bits per heavy atom. The molecule has 3 aromatic rings. The fourth-order valence-corrected chi connectivity index (χ4v) is 5.28. The summed E-state index contributed by atoms with van der Waals surface area (Å²) < 4.78 is 3.64. The molecular formula is C15H10Br2INS. The highest BCUT2D eigenvalue weighted by molar-refractivity contribution is 14.1. The highest BCUT2D eigenvalue weighted by Crippen LogP contribution is 2.35. The van der Waals surface area contributed by atoms with E-state index in [9.17, 15) is 0 Å². The highest BCUT2D eigenvalue weighted by atomic mass is 127. The molecule has 0 radical (unpaired) electrons. The van der Waals surface area contributed by atoms with E-state index in [0.717, 1.165) is 16.4 Å². The van der Waals surface area contributed by atoms with Crippen LogP contribution >= 0.6 is 65.8 Å². The van der Waals surface area contributed by atoms with Crippen LogP contribution in [0.15, 0.2) is 46.9 Å². The zero-order chi connectivity index (χ0) is 14.1. The first-order chi connectivity index (χ1) is 9.63. The van der Waals surface area contributed by atoms with E-state index in [1.165, 1.54) is 18.8 Å². The Bertz CT molecular complexity index is 723. The van der Waals surface area contributed by atoms with Gasteiger partial charge in [0.15, 0.2) is 0 Å². The zero-order valence-corrected chi connectivity index (χ0v) is 16.5. The van der Waals surface area contributed by atoms with Crippen LogP contribution in [0, 0.1) is 3.57 Å². The maximum atomic E-state index is 4.70. The van der Waals surface area contributed by atoms with Gasteiger partial charge in [-0.25, -0.2) is 4.98 Å². The molecule has 1 atom stereocenters. The van der Waals surface area contributed by atoms with E-state index in [4.69, 9.17) is 4.98 Å². The van der Waals surface area contributed by atoms with Crippen LogP contribution in [0.2, 0.25) is 0 Å². The van der Waals surface area contributed by atoms with Gasteiger partial charge in [0.25, 0.3) is 0 Å². The van der Waals surface area contributed by atoms with Crippen molar-refractivity contribution < 1.29 is 0 Å². The number of aromatic nitrogens is 1. The van der Waals surface area contributed by atoms with Gasteiger partial charge in [0, 0.05) is 19.3 Å². The lowest BCUT2D eigenvalue weighted by Crippen LogP contribution is -1.96. The van der Waals surface area contributed by atoms with Gasteiger partial charge in [0.1, 0.15) is 0 Å². The maximum Gasteiger partial charge on any atom is 0.0953 e. The van der Waals surface area contributed by atoms with Crippen molar-refractivity contribution in [2.75, 3.05) is 0 Å². The highest BCUT2D eigenvalue weighted by Gasteiger charge is 2.15. The van der Waals surface area contributed by atoms with Crippen LogP contribution in [-0.2, 0) is 6.42 Å². The molecule has 0 bridgehead atoms. The molecule has 0 aliphatic carbocycles. The van der Waals surface area contributed by atoms with Gasteiger partial charge in [-0.1, -0.05) is 44.0 Å². The van der Waals surface area contributed by atoms with E-state index in [-0.39, 0.29) is 4.83 Å². The molecule has 0 aliphatic rings. The second-order valence-corrected chi connectivity index (χ2v) is 8.73.